The first-order chi connectivity index (χ1) is 9.56. The quantitative estimate of drug-likeness (QED) is 0.891. The minimum Gasteiger partial charge on any atom is -0.352 e. The van der Waals surface area contributed by atoms with Crippen LogP contribution < -0.4 is 11.1 Å². The molecular weight excluding hydrogens is 316 g/mol. The van der Waals surface area contributed by atoms with Crippen LogP contribution >= 0.6 is 15.9 Å². The number of hydrogen-bond donors (Lipinski definition) is 2. The van der Waals surface area contributed by atoms with Crippen molar-refractivity contribution in [3.05, 3.63) is 33.8 Å². The molecule has 4 heteroatoms. The van der Waals surface area contributed by atoms with E-state index in [2.05, 4.69) is 40.3 Å². The zero-order chi connectivity index (χ0) is 14.3. The minimum absolute atomic E-state index is 0.0319. The van der Waals surface area contributed by atoms with Gasteiger partial charge >= 0.3 is 0 Å². The van der Waals surface area contributed by atoms with E-state index >= 15 is 0 Å². The van der Waals surface area contributed by atoms with E-state index < -0.39 is 0 Å². The predicted molar refractivity (Wildman–Crippen MR) is 83.0 cm³/mol. The average molecular weight is 337 g/mol. The van der Waals surface area contributed by atoms with Crippen molar-refractivity contribution in [1.29, 1.82) is 0 Å². The van der Waals surface area contributed by atoms with E-state index in [0.717, 1.165) is 10.9 Å². The van der Waals surface area contributed by atoms with Crippen LogP contribution in [0.1, 0.15) is 30.4 Å². The molecule has 0 spiro atoms. The summed E-state index contributed by atoms with van der Waals surface area (Å²) in [6.07, 6.45) is 3.53. The molecule has 0 saturated heterocycles. The number of carbonyl (C=O) groups excluding carboxylic acids is 1. The smallest absolute Gasteiger partial charge is 0.225 e. The summed E-state index contributed by atoms with van der Waals surface area (Å²) < 4.78 is 1.07. The Balaban J connectivity index is 1.62. The van der Waals surface area contributed by atoms with Crippen molar-refractivity contribution in [2.75, 3.05) is 0 Å². The van der Waals surface area contributed by atoms with Crippen LogP contribution in [0.3, 0.4) is 0 Å². The first-order valence-corrected chi connectivity index (χ1v) is 8.14. The van der Waals surface area contributed by atoms with Gasteiger partial charge in [0.1, 0.15) is 0 Å². The second kappa shape index (κ2) is 5.49. The third-order valence-electron chi connectivity index (χ3n) is 5.04. The van der Waals surface area contributed by atoms with Crippen molar-refractivity contribution >= 4 is 21.8 Å². The van der Waals surface area contributed by atoms with Gasteiger partial charge in [0.25, 0.3) is 0 Å². The molecule has 108 valence electrons. The van der Waals surface area contributed by atoms with Gasteiger partial charge < -0.3 is 11.1 Å². The van der Waals surface area contributed by atoms with Gasteiger partial charge in [0, 0.05) is 17.1 Å². The molecule has 3 nitrogen and oxygen atoms in total. The maximum absolute atomic E-state index is 12.4. The molecule has 0 aromatic heterocycles. The van der Waals surface area contributed by atoms with Crippen molar-refractivity contribution in [2.45, 2.75) is 38.8 Å². The Hall–Kier alpha value is -0.870. The van der Waals surface area contributed by atoms with E-state index in [1.165, 1.54) is 24.0 Å². The van der Waals surface area contributed by atoms with Gasteiger partial charge in [-0.3, -0.25) is 4.79 Å². The number of nitrogens with two attached hydrogens (primary N) is 1. The van der Waals surface area contributed by atoms with Gasteiger partial charge in [0.15, 0.2) is 0 Å². The van der Waals surface area contributed by atoms with Gasteiger partial charge in [-0.05, 0) is 61.3 Å². The Kier molecular flexibility index (Phi) is 3.87. The Labute approximate surface area is 128 Å². The molecule has 3 rings (SSSR count). The molecule has 4 atom stereocenters. The Bertz CT molecular complexity index is 529. The molecule has 2 saturated carbocycles. The Morgan fingerprint density at radius 1 is 1.40 bits per heavy atom. The lowest BCUT2D eigenvalue weighted by atomic mass is 9.84. The van der Waals surface area contributed by atoms with Crippen LogP contribution in [0.2, 0.25) is 0 Å². The molecule has 2 fully saturated rings. The lowest BCUT2D eigenvalue weighted by Gasteiger charge is -2.27. The van der Waals surface area contributed by atoms with Crippen molar-refractivity contribution in [3.63, 3.8) is 0 Å². The third-order valence-corrected chi connectivity index (χ3v) is 5.53. The molecule has 2 bridgehead atoms. The first-order valence-electron chi connectivity index (χ1n) is 7.34. The van der Waals surface area contributed by atoms with E-state index in [4.69, 9.17) is 5.73 Å². The monoisotopic (exact) mass is 336 g/mol. The Morgan fingerprint density at radius 2 is 2.15 bits per heavy atom. The fourth-order valence-corrected chi connectivity index (χ4v) is 4.36. The van der Waals surface area contributed by atoms with Crippen molar-refractivity contribution < 1.29 is 4.79 Å². The van der Waals surface area contributed by atoms with E-state index in [1.54, 1.807) is 0 Å². The maximum Gasteiger partial charge on any atom is 0.225 e. The van der Waals surface area contributed by atoms with E-state index in [-0.39, 0.29) is 17.9 Å². The minimum atomic E-state index is 0.0319. The number of nitrogens with one attached hydrogen (secondary N) is 1. The van der Waals surface area contributed by atoms with Crippen LogP contribution in [0.4, 0.5) is 0 Å². The zero-order valence-electron chi connectivity index (χ0n) is 11.7. The summed E-state index contributed by atoms with van der Waals surface area (Å²) in [5.41, 5.74) is 8.57. The second-order valence-electron chi connectivity index (χ2n) is 6.22. The Morgan fingerprint density at radius 3 is 2.80 bits per heavy atom. The van der Waals surface area contributed by atoms with E-state index in [0.29, 0.717) is 18.4 Å². The predicted octanol–water partition coefficient (Wildman–Crippen LogP) is 2.75. The van der Waals surface area contributed by atoms with Crippen molar-refractivity contribution in [2.24, 2.45) is 23.5 Å². The van der Waals surface area contributed by atoms with Gasteiger partial charge in [-0.15, -0.1) is 0 Å². The molecule has 0 aliphatic heterocycles. The first kappa shape index (κ1) is 14.1. The molecule has 3 N–H and O–H groups in total. The van der Waals surface area contributed by atoms with Crippen LogP contribution in [0.5, 0.6) is 0 Å². The molecular formula is C16H21BrN2O. The summed E-state index contributed by atoms with van der Waals surface area (Å²) in [6.45, 7) is 2.66. The fraction of sp³-hybridized carbons (Fsp3) is 0.562. The van der Waals surface area contributed by atoms with Gasteiger partial charge in [-0.2, -0.15) is 0 Å². The zero-order valence-corrected chi connectivity index (χ0v) is 13.3. The fourth-order valence-electron chi connectivity index (χ4n) is 3.88. The number of rotatable bonds is 3. The van der Waals surface area contributed by atoms with Crippen LogP contribution in [-0.2, 0) is 11.3 Å². The van der Waals surface area contributed by atoms with Crippen molar-refractivity contribution in [3.8, 4) is 0 Å². The number of hydrogen-bond acceptors (Lipinski definition) is 2. The number of fused-ring (bicyclic) bond motifs is 2. The lowest BCUT2D eigenvalue weighted by molar-refractivity contribution is -0.127. The third kappa shape index (κ3) is 2.51. The van der Waals surface area contributed by atoms with Gasteiger partial charge in [0.05, 0.1) is 5.92 Å². The van der Waals surface area contributed by atoms with Crippen LogP contribution in [-0.4, -0.2) is 11.9 Å². The van der Waals surface area contributed by atoms with Crippen molar-refractivity contribution in [1.82, 2.24) is 5.32 Å². The molecule has 4 unspecified atom stereocenters. The molecule has 0 heterocycles. The highest BCUT2D eigenvalue weighted by Gasteiger charge is 2.48. The lowest BCUT2D eigenvalue weighted by Crippen LogP contribution is -2.45. The van der Waals surface area contributed by atoms with Crippen LogP contribution in [0.15, 0.2) is 22.7 Å². The molecule has 2 aliphatic rings. The van der Waals surface area contributed by atoms with Gasteiger partial charge in [0.2, 0.25) is 5.91 Å². The summed E-state index contributed by atoms with van der Waals surface area (Å²) in [6, 6.07) is 6.21. The molecule has 2 aliphatic carbocycles. The normalized spacial score (nSPS) is 31.6. The standard InChI is InChI=1S/C16H21BrN2O/c1-9-6-13(17)5-4-12(9)8-19-16(20)14-10-2-3-11(7-10)15(14)18/h4-6,10-11,14-15H,2-3,7-8,18H2,1H3,(H,19,20). The van der Waals surface area contributed by atoms with Crippen LogP contribution in [0, 0.1) is 24.7 Å². The summed E-state index contributed by atoms with van der Waals surface area (Å²) >= 11 is 3.46. The molecule has 0 radical (unpaired) electrons. The average Bonchev–Trinajstić information content (AvgIpc) is 2.98. The van der Waals surface area contributed by atoms with Gasteiger partial charge in [-0.1, -0.05) is 22.0 Å². The largest absolute Gasteiger partial charge is 0.352 e. The number of benzene rings is 1. The number of amides is 1. The summed E-state index contributed by atoms with van der Waals surface area (Å²) in [7, 11) is 0. The summed E-state index contributed by atoms with van der Waals surface area (Å²) in [5.74, 6) is 1.27. The summed E-state index contributed by atoms with van der Waals surface area (Å²) in [4.78, 5) is 12.4. The number of aryl methyl sites for hydroxylation is 1. The number of halogens is 1. The second-order valence-corrected chi connectivity index (χ2v) is 7.14. The molecule has 20 heavy (non-hydrogen) atoms. The highest BCUT2D eigenvalue weighted by Crippen LogP contribution is 2.47. The highest BCUT2D eigenvalue weighted by atomic mass is 79.9. The van der Waals surface area contributed by atoms with E-state index in [9.17, 15) is 4.79 Å². The number of carbonyl (C=O) groups is 1. The van der Waals surface area contributed by atoms with Crippen LogP contribution in [0.25, 0.3) is 0 Å². The van der Waals surface area contributed by atoms with Gasteiger partial charge in [-0.25, -0.2) is 0 Å². The topological polar surface area (TPSA) is 55.1 Å². The maximum atomic E-state index is 12.4. The molecule has 1 aromatic rings. The molecule has 1 aromatic carbocycles. The van der Waals surface area contributed by atoms with E-state index in [1.807, 2.05) is 6.07 Å². The highest BCUT2D eigenvalue weighted by molar-refractivity contribution is 9.10. The molecule has 1 amide bonds. The summed E-state index contributed by atoms with van der Waals surface area (Å²) in [5, 5.41) is 3.08. The SMILES string of the molecule is Cc1cc(Br)ccc1CNC(=O)C1C2CCC(C2)C1N.